The van der Waals surface area contributed by atoms with Crippen LogP contribution in [0.3, 0.4) is 0 Å². The second kappa shape index (κ2) is 8.28. The maximum absolute atomic E-state index is 12.8. The molecule has 3 amide bonds. The summed E-state index contributed by atoms with van der Waals surface area (Å²) >= 11 is 0. The summed E-state index contributed by atoms with van der Waals surface area (Å²) in [6.45, 7) is -0.602. The molecular weight excluding hydrogens is 367 g/mol. The number of benzene rings is 1. The molecule has 148 valence electrons. The van der Waals surface area contributed by atoms with E-state index >= 15 is 0 Å². The predicted molar refractivity (Wildman–Crippen MR) is 89.9 cm³/mol. The SMILES string of the molecule is CC(C1CC1)N(CC(F)(F)F)C(=O)COC(=O)c1ccc(NC(N)=O)cc1. The molecule has 1 aromatic carbocycles. The fourth-order valence-electron chi connectivity index (χ4n) is 2.61. The summed E-state index contributed by atoms with van der Waals surface area (Å²) in [7, 11) is 0. The van der Waals surface area contributed by atoms with Gasteiger partial charge in [-0.1, -0.05) is 0 Å². The van der Waals surface area contributed by atoms with E-state index in [0.29, 0.717) is 10.6 Å². The van der Waals surface area contributed by atoms with E-state index in [9.17, 15) is 27.6 Å². The standard InChI is InChI=1S/C17H20F3N3O4/c1-10(11-2-3-11)23(9-17(18,19)20)14(24)8-27-15(25)12-4-6-13(7-5-12)22-16(21)26/h4-7,10-11H,2-3,8-9H2,1H3,(H3,21,22,26). The Morgan fingerprint density at radius 3 is 2.33 bits per heavy atom. The lowest BCUT2D eigenvalue weighted by Crippen LogP contribution is -2.47. The Morgan fingerprint density at radius 1 is 1.26 bits per heavy atom. The van der Waals surface area contributed by atoms with Crippen LogP contribution in [-0.4, -0.2) is 48.2 Å². The van der Waals surface area contributed by atoms with Gasteiger partial charge in [0.1, 0.15) is 6.54 Å². The number of alkyl halides is 3. The van der Waals surface area contributed by atoms with Gasteiger partial charge < -0.3 is 20.7 Å². The summed E-state index contributed by atoms with van der Waals surface area (Å²) in [6, 6.07) is 4.11. The highest BCUT2D eigenvalue weighted by molar-refractivity contribution is 5.93. The van der Waals surface area contributed by atoms with E-state index < -0.39 is 43.3 Å². The number of hydrogen-bond acceptors (Lipinski definition) is 4. The molecule has 0 aliphatic heterocycles. The minimum atomic E-state index is -4.54. The van der Waals surface area contributed by atoms with Crippen LogP contribution >= 0.6 is 0 Å². The number of primary amides is 1. The Hall–Kier alpha value is -2.78. The summed E-state index contributed by atoms with van der Waals surface area (Å²) < 4.78 is 43.1. The van der Waals surface area contributed by atoms with Crippen molar-refractivity contribution in [3.8, 4) is 0 Å². The molecule has 3 N–H and O–H groups in total. The van der Waals surface area contributed by atoms with Crippen LogP contribution in [0, 0.1) is 5.92 Å². The fraction of sp³-hybridized carbons (Fsp3) is 0.471. The van der Waals surface area contributed by atoms with E-state index in [2.05, 4.69) is 5.32 Å². The van der Waals surface area contributed by atoms with Crippen molar-refractivity contribution in [2.75, 3.05) is 18.5 Å². The molecule has 0 heterocycles. The van der Waals surface area contributed by atoms with Gasteiger partial charge in [0.25, 0.3) is 5.91 Å². The Balaban J connectivity index is 1.94. The normalized spacial score (nSPS) is 15.0. The third-order valence-electron chi connectivity index (χ3n) is 4.18. The summed E-state index contributed by atoms with van der Waals surface area (Å²) in [4.78, 5) is 35.6. The number of amides is 3. The number of rotatable bonds is 7. The van der Waals surface area contributed by atoms with Gasteiger partial charge in [-0.2, -0.15) is 13.2 Å². The molecular formula is C17H20F3N3O4. The van der Waals surface area contributed by atoms with Crippen molar-refractivity contribution in [3.05, 3.63) is 29.8 Å². The van der Waals surface area contributed by atoms with Crippen LogP contribution in [-0.2, 0) is 9.53 Å². The number of carbonyl (C=O) groups excluding carboxylic acids is 3. The number of hydrogen-bond donors (Lipinski definition) is 2. The van der Waals surface area contributed by atoms with Crippen molar-refractivity contribution >= 4 is 23.6 Å². The van der Waals surface area contributed by atoms with Gasteiger partial charge >= 0.3 is 18.2 Å². The highest BCUT2D eigenvalue weighted by atomic mass is 19.4. The van der Waals surface area contributed by atoms with E-state index in [1.807, 2.05) is 0 Å². The second-order valence-corrected chi connectivity index (χ2v) is 6.36. The molecule has 1 saturated carbocycles. The molecule has 1 aliphatic carbocycles. The van der Waals surface area contributed by atoms with Crippen LogP contribution < -0.4 is 11.1 Å². The van der Waals surface area contributed by atoms with E-state index in [1.165, 1.54) is 24.3 Å². The number of anilines is 1. The van der Waals surface area contributed by atoms with Crippen molar-refractivity contribution in [2.24, 2.45) is 11.7 Å². The van der Waals surface area contributed by atoms with Crippen LogP contribution in [0.1, 0.15) is 30.1 Å². The van der Waals surface area contributed by atoms with E-state index in [0.717, 1.165) is 12.8 Å². The zero-order chi connectivity index (χ0) is 20.2. The number of carbonyl (C=O) groups is 3. The van der Waals surface area contributed by atoms with Gasteiger partial charge in [0.2, 0.25) is 0 Å². The largest absolute Gasteiger partial charge is 0.452 e. The molecule has 1 unspecified atom stereocenters. The van der Waals surface area contributed by atoms with E-state index in [4.69, 9.17) is 10.5 Å². The maximum atomic E-state index is 12.8. The number of esters is 1. The first-order valence-corrected chi connectivity index (χ1v) is 8.26. The Kier molecular flexibility index (Phi) is 6.29. The number of ether oxygens (including phenoxy) is 1. The van der Waals surface area contributed by atoms with Crippen LogP contribution in [0.15, 0.2) is 24.3 Å². The zero-order valence-electron chi connectivity index (χ0n) is 14.6. The highest BCUT2D eigenvalue weighted by Crippen LogP contribution is 2.36. The van der Waals surface area contributed by atoms with Crippen LogP contribution in [0.25, 0.3) is 0 Å². The van der Waals surface area contributed by atoms with Gasteiger partial charge in [-0.15, -0.1) is 0 Å². The third kappa shape index (κ3) is 6.46. The van der Waals surface area contributed by atoms with Crippen molar-refractivity contribution in [2.45, 2.75) is 32.0 Å². The zero-order valence-corrected chi connectivity index (χ0v) is 14.6. The molecule has 1 aromatic rings. The summed E-state index contributed by atoms with van der Waals surface area (Å²) in [5, 5.41) is 2.31. The maximum Gasteiger partial charge on any atom is 0.406 e. The third-order valence-corrected chi connectivity index (χ3v) is 4.18. The molecule has 2 rings (SSSR count). The van der Waals surface area contributed by atoms with Gasteiger partial charge in [0.15, 0.2) is 6.61 Å². The molecule has 0 bridgehead atoms. The lowest BCUT2D eigenvalue weighted by molar-refractivity contribution is -0.167. The quantitative estimate of drug-likeness (QED) is 0.702. The number of nitrogens with one attached hydrogen (secondary N) is 1. The number of halogens is 3. The Labute approximate surface area is 153 Å². The van der Waals surface area contributed by atoms with Crippen molar-refractivity contribution in [1.29, 1.82) is 0 Å². The van der Waals surface area contributed by atoms with Gasteiger partial charge in [-0.05, 0) is 49.9 Å². The lowest BCUT2D eigenvalue weighted by atomic mass is 10.2. The molecule has 1 fully saturated rings. The number of nitrogens with two attached hydrogens (primary N) is 1. The molecule has 7 nitrogen and oxygen atoms in total. The molecule has 0 radical (unpaired) electrons. The van der Waals surface area contributed by atoms with Crippen LogP contribution in [0.4, 0.5) is 23.7 Å². The van der Waals surface area contributed by atoms with E-state index in [1.54, 1.807) is 6.92 Å². The lowest BCUT2D eigenvalue weighted by Gasteiger charge is -2.30. The number of urea groups is 1. The Bertz CT molecular complexity index is 702. The highest BCUT2D eigenvalue weighted by Gasteiger charge is 2.40. The molecule has 10 heteroatoms. The van der Waals surface area contributed by atoms with Crippen molar-refractivity contribution in [1.82, 2.24) is 4.90 Å². The minimum absolute atomic E-state index is 0.0392. The van der Waals surface area contributed by atoms with Crippen LogP contribution in [0.2, 0.25) is 0 Å². The van der Waals surface area contributed by atoms with Gasteiger partial charge in [-0.3, -0.25) is 4.79 Å². The predicted octanol–water partition coefficient (Wildman–Crippen LogP) is 2.52. The summed E-state index contributed by atoms with van der Waals surface area (Å²) in [5.74, 6) is -1.72. The second-order valence-electron chi connectivity index (χ2n) is 6.36. The average Bonchev–Trinajstić information content (AvgIpc) is 3.41. The summed E-state index contributed by atoms with van der Waals surface area (Å²) in [5.41, 5.74) is 5.39. The molecule has 1 atom stereocenters. The summed E-state index contributed by atoms with van der Waals surface area (Å²) in [6.07, 6.45) is -2.99. The fourth-order valence-corrected chi connectivity index (χ4v) is 2.61. The minimum Gasteiger partial charge on any atom is -0.452 e. The first-order chi connectivity index (χ1) is 12.6. The van der Waals surface area contributed by atoms with Gasteiger partial charge in [0, 0.05) is 11.7 Å². The molecule has 0 aromatic heterocycles. The topological polar surface area (TPSA) is 102 Å². The van der Waals surface area contributed by atoms with Gasteiger partial charge in [-0.25, -0.2) is 9.59 Å². The average molecular weight is 387 g/mol. The molecule has 27 heavy (non-hydrogen) atoms. The first kappa shape index (κ1) is 20.5. The first-order valence-electron chi connectivity index (χ1n) is 8.26. The number of nitrogens with zero attached hydrogens (tertiary/aromatic N) is 1. The molecule has 1 aliphatic rings. The van der Waals surface area contributed by atoms with Gasteiger partial charge in [0.05, 0.1) is 5.56 Å². The Morgan fingerprint density at radius 2 is 1.85 bits per heavy atom. The molecule has 0 saturated heterocycles. The van der Waals surface area contributed by atoms with Crippen LogP contribution in [0.5, 0.6) is 0 Å². The van der Waals surface area contributed by atoms with E-state index in [-0.39, 0.29) is 11.5 Å². The van der Waals surface area contributed by atoms with Crippen molar-refractivity contribution in [3.63, 3.8) is 0 Å². The monoisotopic (exact) mass is 387 g/mol. The molecule has 0 spiro atoms. The smallest absolute Gasteiger partial charge is 0.406 e. The van der Waals surface area contributed by atoms with Crippen molar-refractivity contribution < 1.29 is 32.3 Å².